The van der Waals surface area contributed by atoms with Crippen molar-refractivity contribution < 1.29 is 48.1 Å². The van der Waals surface area contributed by atoms with E-state index < -0.39 is 0 Å². The summed E-state index contributed by atoms with van der Waals surface area (Å²) < 4.78 is 0. The molecule has 150 valence electrons. The van der Waals surface area contributed by atoms with Gasteiger partial charge in [-0.15, -0.1) is 0 Å². The zero-order chi connectivity index (χ0) is 17.8. The Hall–Kier alpha value is 1.12. The van der Waals surface area contributed by atoms with E-state index in [1.54, 1.807) is 28.9 Å². The Balaban J connectivity index is 0. The van der Waals surface area contributed by atoms with E-state index in [4.69, 9.17) is 5.73 Å². The Labute approximate surface area is 191 Å². The van der Waals surface area contributed by atoms with Crippen molar-refractivity contribution in [1.82, 2.24) is 0 Å². The summed E-state index contributed by atoms with van der Waals surface area (Å²) in [5, 5.41) is 0. The zero-order valence-electron chi connectivity index (χ0n) is 16.8. The van der Waals surface area contributed by atoms with Crippen LogP contribution in [-0.2, 0) is 23.3 Å². The Bertz CT molecular complexity index is 413. The number of halogens is 2. The van der Waals surface area contributed by atoms with Crippen molar-refractivity contribution in [2.24, 2.45) is 17.3 Å². The maximum absolute atomic E-state index is 7.16. The van der Waals surface area contributed by atoms with Crippen LogP contribution in [0, 0.1) is 17.3 Å². The summed E-state index contributed by atoms with van der Waals surface area (Å²) in [6.07, 6.45) is 21.9. The van der Waals surface area contributed by atoms with Crippen LogP contribution in [0.25, 0.3) is 5.73 Å². The van der Waals surface area contributed by atoms with Crippen LogP contribution in [0.3, 0.4) is 0 Å². The molecular formula is C21H38Cl2NSiZr-. The summed E-state index contributed by atoms with van der Waals surface area (Å²) >= 11 is 1.58. The minimum atomic E-state index is 0. The number of hydrogen-bond acceptors (Lipinski definition) is 0. The molecule has 0 spiro atoms. The Morgan fingerprint density at radius 1 is 1.00 bits per heavy atom. The molecule has 2 rings (SSSR count). The van der Waals surface area contributed by atoms with Crippen LogP contribution in [-0.4, -0.2) is 13.4 Å². The third-order valence-corrected chi connectivity index (χ3v) is 5.96. The molecule has 1 N–H and O–H groups in total. The Morgan fingerprint density at radius 2 is 1.58 bits per heavy atom. The number of hydrogen-bond donors (Lipinski definition) is 0. The molecule has 2 atom stereocenters. The first-order valence-electron chi connectivity index (χ1n) is 10.0. The fourth-order valence-corrected chi connectivity index (χ4v) is 4.52. The standard InChI is InChI=1S/C21H36N.2ClH.H2Si.Zr/c1-21(2,16-10-6-4-3-5-7-11-17-22)20-15-14-18-12-8-9-13-19(18)20;;;;/h8-9,13,18,20,22H,3-7,10-12,14-17H2,1-2H3;2*1H;1H2;/q-1;;;;+2/p-2. The van der Waals surface area contributed by atoms with Crippen LogP contribution in [0.5, 0.6) is 0 Å². The fraction of sp³-hybridized carbons (Fsp3) is 0.810. The van der Waals surface area contributed by atoms with Crippen LogP contribution in [0.2, 0.25) is 0 Å². The van der Waals surface area contributed by atoms with Crippen LogP contribution in [0.15, 0.2) is 23.8 Å². The van der Waals surface area contributed by atoms with E-state index in [2.05, 4.69) is 32.1 Å². The molecule has 1 nitrogen and oxygen atoms in total. The minimum absolute atomic E-state index is 0. The van der Waals surface area contributed by atoms with E-state index in [1.165, 1.54) is 64.2 Å². The van der Waals surface area contributed by atoms with Gasteiger partial charge in [0.25, 0.3) is 0 Å². The summed E-state index contributed by atoms with van der Waals surface area (Å²) in [4.78, 5) is 0. The molecule has 0 saturated heterocycles. The number of unbranched alkanes of at least 4 members (excludes halogenated alkanes) is 6. The summed E-state index contributed by atoms with van der Waals surface area (Å²) in [6.45, 7) is 7.58. The van der Waals surface area contributed by atoms with E-state index in [-0.39, 0.29) is 24.8 Å². The van der Waals surface area contributed by atoms with Crippen LogP contribution in [0.1, 0.15) is 84.5 Å². The van der Waals surface area contributed by atoms with Crippen LogP contribution < -0.4 is 24.8 Å². The second-order valence-corrected chi connectivity index (χ2v) is 8.12. The Kier molecular flexibility index (Phi) is 19.2. The molecule has 5 heteroatoms. The number of allylic oxidation sites excluding steroid dienone is 4. The van der Waals surface area contributed by atoms with Gasteiger partial charge in [0.1, 0.15) is 0 Å². The first-order valence-corrected chi connectivity index (χ1v) is 15.9. The molecular weight excluding hydrogens is 456 g/mol. The monoisotopic (exact) mass is 492 g/mol. The summed E-state index contributed by atoms with van der Waals surface area (Å²) in [7, 11) is 0. The number of fused-ring (bicyclic) bond motifs is 1. The normalized spacial score (nSPS) is 20.9. The summed E-state index contributed by atoms with van der Waals surface area (Å²) in [6, 6.07) is 0. The van der Waals surface area contributed by atoms with Gasteiger partial charge in [0.05, 0.1) is 0 Å². The topological polar surface area (TPSA) is 23.8 Å². The first-order chi connectivity index (χ1) is 11.6. The molecule has 26 heavy (non-hydrogen) atoms. The second-order valence-electron chi connectivity index (χ2n) is 8.12. The van der Waals surface area contributed by atoms with Gasteiger partial charge in [0.2, 0.25) is 0 Å². The van der Waals surface area contributed by atoms with Gasteiger partial charge in [-0.2, -0.15) is 6.54 Å². The molecule has 0 aromatic rings. The van der Waals surface area contributed by atoms with Crippen molar-refractivity contribution in [2.75, 3.05) is 6.54 Å². The van der Waals surface area contributed by atoms with Gasteiger partial charge < -0.3 is 30.5 Å². The fourth-order valence-electron chi connectivity index (χ4n) is 4.52. The van der Waals surface area contributed by atoms with Crippen molar-refractivity contribution >= 4 is 6.88 Å². The number of nitrogens with one attached hydrogen (secondary N) is 1. The van der Waals surface area contributed by atoms with E-state index in [9.17, 15) is 0 Å². The zero-order valence-corrected chi connectivity index (χ0v) is 22.2. The van der Waals surface area contributed by atoms with Gasteiger partial charge in [-0.05, 0) is 42.9 Å². The molecule has 2 aliphatic carbocycles. The summed E-state index contributed by atoms with van der Waals surface area (Å²) in [5.41, 5.74) is 9.40. The predicted octanol–water partition coefficient (Wildman–Crippen LogP) is 0.187. The quantitative estimate of drug-likeness (QED) is 0.306. The van der Waals surface area contributed by atoms with Gasteiger partial charge in [-0.1, -0.05) is 82.6 Å². The van der Waals surface area contributed by atoms with Crippen LogP contribution >= 0.6 is 0 Å². The SMILES string of the molecule is CC(C)(CCCCCCCCC[NH-])C1CCC2CC=CC=C21.[Cl-].[Cl-].[SiH2]=[Zr+2]. The van der Waals surface area contributed by atoms with Crippen LogP contribution in [0.4, 0.5) is 0 Å². The molecule has 0 amide bonds. The van der Waals surface area contributed by atoms with E-state index in [0.29, 0.717) is 12.0 Å². The van der Waals surface area contributed by atoms with Crippen molar-refractivity contribution in [1.29, 1.82) is 0 Å². The third-order valence-electron chi connectivity index (χ3n) is 5.96. The predicted molar refractivity (Wildman–Crippen MR) is 107 cm³/mol. The molecule has 1 fully saturated rings. The molecule has 0 bridgehead atoms. The molecule has 0 radical (unpaired) electrons. The average molecular weight is 495 g/mol. The molecule has 2 unspecified atom stereocenters. The Morgan fingerprint density at radius 3 is 2.19 bits per heavy atom. The molecule has 0 aromatic heterocycles. The summed E-state index contributed by atoms with van der Waals surface area (Å²) in [5.74, 6) is 1.70. The van der Waals surface area contributed by atoms with Gasteiger partial charge in [-0.25, -0.2) is 0 Å². The number of rotatable bonds is 10. The van der Waals surface area contributed by atoms with Gasteiger partial charge in [0, 0.05) is 0 Å². The maximum atomic E-state index is 7.16. The van der Waals surface area contributed by atoms with E-state index >= 15 is 0 Å². The van der Waals surface area contributed by atoms with E-state index in [1.807, 2.05) is 6.88 Å². The molecule has 2 aliphatic rings. The molecule has 0 aromatic carbocycles. The molecule has 0 aliphatic heterocycles. The van der Waals surface area contributed by atoms with E-state index in [0.717, 1.165) is 18.3 Å². The van der Waals surface area contributed by atoms with Crippen molar-refractivity contribution in [2.45, 2.75) is 84.5 Å². The van der Waals surface area contributed by atoms with Crippen molar-refractivity contribution in [3.63, 3.8) is 0 Å². The third kappa shape index (κ3) is 10.1. The van der Waals surface area contributed by atoms with Gasteiger partial charge in [0.15, 0.2) is 0 Å². The average Bonchev–Trinajstić information content (AvgIpc) is 3.04. The first kappa shape index (κ1) is 29.3. The van der Waals surface area contributed by atoms with Gasteiger partial charge >= 0.3 is 30.2 Å². The molecule has 0 heterocycles. The van der Waals surface area contributed by atoms with Gasteiger partial charge in [-0.3, -0.25) is 0 Å². The molecule has 1 saturated carbocycles. The second kappa shape index (κ2) is 17.0. The van der Waals surface area contributed by atoms with Crippen molar-refractivity contribution in [3.05, 3.63) is 29.5 Å². The van der Waals surface area contributed by atoms with Crippen molar-refractivity contribution in [3.8, 4) is 0 Å².